The Morgan fingerprint density at radius 2 is 1.50 bits per heavy atom. The van der Waals surface area contributed by atoms with Gasteiger partial charge in [0.05, 0.1) is 0 Å². The summed E-state index contributed by atoms with van der Waals surface area (Å²) in [5, 5.41) is 0. The number of hydrogen-bond donors (Lipinski definition) is 0. The van der Waals surface area contributed by atoms with Crippen molar-refractivity contribution in [1.29, 1.82) is 0 Å². The SMILES string of the molecule is [CH2]C(C)CC(C)CCC(C)CC. The second-order valence-corrected chi connectivity index (χ2v) is 4.54. The normalized spacial score (nSPS) is 16.5. The quantitative estimate of drug-likeness (QED) is 0.556. The minimum absolute atomic E-state index is 0.622. The van der Waals surface area contributed by atoms with E-state index in [4.69, 9.17) is 0 Å². The van der Waals surface area contributed by atoms with Gasteiger partial charge in [-0.2, -0.15) is 0 Å². The first-order valence-electron chi connectivity index (χ1n) is 5.39. The van der Waals surface area contributed by atoms with E-state index in [1.165, 1.54) is 25.7 Å². The van der Waals surface area contributed by atoms with Crippen LogP contribution in [0, 0.1) is 24.7 Å². The van der Waals surface area contributed by atoms with Crippen molar-refractivity contribution in [3.8, 4) is 0 Å². The van der Waals surface area contributed by atoms with Crippen LogP contribution >= 0.6 is 0 Å². The second kappa shape index (κ2) is 6.51. The highest BCUT2D eigenvalue weighted by molar-refractivity contribution is 4.62. The topological polar surface area (TPSA) is 0 Å². The third-order valence-corrected chi connectivity index (χ3v) is 2.65. The van der Waals surface area contributed by atoms with E-state index >= 15 is 0 Å². The van der Waals surface area contributed by atoms with Gasteiger partial charge in [0.2, 0.25) is 0 Å². The van der Waals surface area contributed by atoms with E-state index in [1.807, 2.05) is 0 Å². The highest BCUT2D eigenvalue weighted by Gasteiger charge is 2.06. The van der Waals surface area contributed by atoms with Crippen LogP contribution in [0.3, 0.4) is 0 Å². The average molecular weight is 169 g/mol. The van der Waals surface area contributed by atoms with Gasteiger partial charge in [-0.05, 0) is 24.2 Å². The molecule has 0 amide bonds. The largest absolute Gasteiger partial charge is 0.0651 e. The van der Waals surface area contributed by atoms with Crippen molar-refractivity contribution in [3.63, 3.8) is 0 Å². The van der Waals surface area contributed by atoms with Gasteiger partial charge < -0.3 is 0 Å². The maximum Gasteiger partial charge on any atom is -0.0440 e. The van der Waals surface area contributed by atoms with Crippen molar-refractivity contribution in [2.24, 2.45) is 17.8 Å². The van der Waals surface area contributed by atoms with Gasteiger partial charge >= 0.3 is 0 Å². The predicted molar refractivity (Wildman–Crippen MR) is 57.0 cm³/mol. The molecule has 0 aliphatic carbocycles. The fraction of sp³-hybridized carbons (Fsp3) is 0.917. The van der Waals surface area contributed by atoms with Gasteiger partial charge in [-0.1, -0.05) is 53.9 Å². The Morgan fingerprint density at radius 3 is 1.92 bits per heavy atom. The van der Waals surface area contributed by atoms with Crippen LogP contribution in [-0.2, 0) is 0 Å². The summed E-state index contributed by atoms with van der Waals surface area (Å²) < 4.78 is 0. The fourth-order valence-corrected chi connectivity index (χ4v) is 1.58. The molecule has 0 aliphatic rings. The van der Waals surface area contributed by atoms with Crippen LogP contribution in [0.15, 0.2) is 0 Å². The number of hydrogen-bond acceptors (Lipinski definition) is 0. The molecule has 0 bridgehead atoms. The third-order valence-electron chi connectivity index (χ3n) is 2.65. The van der Waals surface area contributed by atoms with E-state index in [-0.39, 0.29) is 0 Å². The lowest BCUT2D eigenvalue weighted by atomic mass is 9.91. The molecule has 0 heterocycles. The molecule has 0 aliphatic heterocycles. The predicted octanol–water partition coefficient (Wildman–Crippen LogP) is 4.31. The summed E-state index contributed by atoms with van der Waals surface area (Å²) in [6.07, 6.45) is 5.39. The van der Waals surface area contributed by atoms with Crippen LogP contribution in [0.25, 0.3) is 0 Å². The van der Waals surface area contributed by atoms with E-state index in [9.17, 15) is 0 Å². The van der Waals surface area contributed by atoms with Crippen LogP contribution in [0.4, 0.5) is 0 Å². The highest BCUT2D eigenvalue weighted by atomic mass is 14.1. The minimum atomic E-state index is 0.622. The molecule has 0 heteroatoms. The van der Waals surface area contributed by atoms with Gasteiger partial charge in [0, 0.05) is 0 Å². The van der Waals surface area contributed by atoms with Crippen molar-refractivity contribution in [2.45, 2.75) is 53.4 Å². The summed E-state index contributed by atoms with van der Waals surface area (Å²) in [6, 6.07) is 0. The van der Waals surface area contributed by atoms with E-state index in [1.54, 1.807) is 0 Å². The van der Waals surface area contributed by atoms with E-state index < -0.39 is 0 Å². The standard InChI is InChI=1S/C12H25/c1-6-11(4)7-8-12(5)9-10(2)3/h10-12H,2,6-9H2,1,3-5H3. The molecule has 3 atom stereocenters. The molecule has 3 unspecified atom stereocenters. The number of rotatable bonds is 6. The molecule has 0 saturated carbocycles. The van der Waals surface area contributed by atoms with Gasteiger partial charge in [0.1, 0.15) is 0 Å². The van der Waals surface area contributed by atoms with Gasteiger partial charge in [0.15, 0.2) is 0 Å². The molecule has 0 aromatic carbocycles. The zero-order valence-corrected chi connectivity index (χ0v) is 9.27. The zero-order chi connectivity index (χ0) is 9.56. The molecule has 0 spiro atoms. The van der Waals surface area contributed by atoms with Crippen molar-refractivity contribution < 1.29 is 0 Å². The average Bonchev–Trinajstić information content (AvgIpc) is 1.99. The summed E-state index contributed by atoms with van der Waals surface area (Å²) in [6.45, 7) is 13.2. The Bertz CT molecular complexity index is 94.2. The Kier molecular flexibility index (Phi) is 6.51. The molecule has 0 saturated heterocycles. The molecule has 0 nitrogen and oxygen atoms in total. The van der Waals surface area contributed by atoms with Gasteiger partial charge in [-0.15, -0.1) is 0 Å². The zero-order valence-electron chi connectivity index (χ0n) is 9.27. The molecule has 0 rings (SSSR count). The van der Waals surface area contributed by atoms with Crippen molar-refractivity contribution in [3.05, 3.63) is 6.92 Å². The van der Waals surface area contributed by atoms with Crippen LogP contribution in [0.5, 0.6) is 0 Å². The molecule has 0 aromatic heterocycles. The van der Waals surface area contributed by atoms with E-state index in [2.05, 4.69) is 34.6 Å². The van der Waals surface area contributed by atoms with E-state index in [0.29, 0.717) is 5.92 Å². The van der Waals surface area contributed by atoms with Gasteiger partial charge in [-0.25, -0.2) is 0 Å². The molecule has 73 valence electrons. The Hall–Kier alpha value is 0. The van der Waals surface area contributed by atoms with Crippen molar-refractivity contribution in [2.75, 3.05) is 0 Å². The van der Waals surface area contributed by atoms with Crippen molar-refractivity contribution in [1.82, 2.24) is 0 Å². The third kappa shape index (κ3) is 6.69. The fourth-order valence-electron chi connectivity index (χ4n) is 1.58. The van der Waals surface area contributed by atoms with Crippen LogP contribution in [0.1, 0.15) is 53.4 Å². The lowest BCUT2D eigenvalue weighted by Crippen LogP contribution is -2.03. The highest BCUT2D eigenvalue weighted by Crippen LogP contribution is 2.20. The maximum atomic E-state index is 4.03. The lowest BCUT2D eigenvalue weighted by Gasteiger charge is -2.15. The lowest BCUT2D eigenvalue weighted by molar-refractivity contribution is 0.380. The molecule has 0 N–H and O–H groups in total. The molecular weight excluding hydrogens is 144 g/mol. The van der Waals surface area contributed by atoms with Crippen LogP contribution in [0.2, 0.25) is 0 Å². The van der Waals surface area contributed by atoms with Crippen LogP contribution in [-0.4, -0.2) is 0 Å². The molecule has 1 radical (unpaired) electrons. The molecule has 0 fully saturated rings. The summed E-state index contributed by atoms with van der Waals surface area (Å²) in [5.74, 6) is 2.40. The van der Waals surface area contributed by atoms with Crippen molar-refractivity contribution >= 4 is 0 Å². The van der Waals surface area contributed by atoms with E-state index in [0.717, 1.165) is 11.8 Å². The first-order valence-corrected chi connectivity index (χ1v) is 5.39. The summed E-state index contributed by atoms with van der Waals surface area (Å²) >= 11 is 0. The smallest absolute Gasteiger partial charge is 0.0440 e. The minimum Gasteiger partial charge on any atom is -0.0651 e. The second-order valence-electron chi connectivity index (χ2n) is 4.54. The molecule has 12 heavy (non-hydrogen) atoms. The Morgan fingerprint density at radius 1 is 1.00 bits per heavy atom. The van der Waals surface area contributed by atoms with Gasteiger partial charge in [0.25, 0.3) is 0 Å². The summed E-state index contributed by atoms with van der Waals surface area (Å²) in [4.78, 5) is 0. The van der Waals surface area contributed by atoms with Crippen LogP contribution < -0.4 is 0 Å². The monoisotopic (exact) mass is 169 g/mol. The molecule has 0 aromatic rings. The Labute approximate surface area is 78.8 Å². The summed E-state index contributed by atoms with van der Waals surface area (Å²) in [5.41, 5.74) is 0. The first-order chi connectivity index (χ1) is 5.56. The van der Waals surface area contributed by atoms with Gasteiger partial charge in [-0.3, -0.25) is 0 Å². The Balaban J connectivity index is 3.36. The first kappa shape index (κ1) is 12.0. The summed E-state index contributed by atoms with van der Waals surface area (Å²) in [7, 11) is 0. The maximum absolute atomic E-state index is 4.03. The molecular formula is C12H25.